The predicted molar refractivity (Wildman–Crippen MR) is 90.2 cm³/mol. The van der Waals surface area contributed by atoms with Crippen LogP contribution in [0.2, 0.25) is 5.02 Å². The fourth-order valence-electron chi connectivity index (χ4n) is 1.84. The molecule has 1 aromatic rings. The zero-order chi connectivity index (χ0) is 15.8. The highest BCUT2D eigenvalue weighted by atomic mass is 35.5. The molecule has 0 unspecified atom stereocenters. The number of benzene rings is 1. The molecule has 8 heteroatoms. The van der Waals surface area contributed by atoms with Crippen LogP contribution in [0.1, 0.15) is 5.56 Å². The number of amides is 1. The van der Waals surface area contributed by atoms with E-state index in [0.717, 1.165) is 25.2 Å². The van der Waals surface area contributed by atoms with Gasteiger partial charge >= 0.3 is 0 Å². The van der Waals surface area contributed by atoms with Crippen LogP contribution in [0, 0.1) is 0 Å². The molecule has 0 saturated heterocycles. The van der Waals surface area contributed by atoms with Gasteiger partial charge in [-0.1, -0.05) is 11.6 Å². The Bertz CT molecular complexity index is 487. The number of methoxy groups -OCH3 is 1. The summed E-state index contributed by atoms with van der Waals surface area (Å²) in [6, 6.07) is 3.65. The number of nitrogens with zero attached hydrogens (tertiary/aromatic N) is 1. The fourth-order valence-corrected chi connectivity index (χ4v) is 2.13. The smallest absolute Gasteiger partial charge is 0.255 e. The molecule has 1 aromatic carbocycles. The summed E-state index contributed by atoms with van der Waals surface area (Å²) in [7, 11) is 5.46. The summed E-state index contributed by atoms with van der Waals surface area (Å²) in [5.41, 5.74) is 6.07. The molecule has 22 heavy (non-hydrogen) atoms. The number of carbonyl (C=O) groups excluding carboxylic acids is 1. The molecule has 1 rings (SSSR count). The third-order valence-corrected chi connectivity index (χ3v) is 3.12. The average molecular weight is 352 g/mol. The Labute approximate surface area is 142 Å². The first-order valence-corrected chi connectivity index (χ1v) is 6.96. The van der Waals surface area contributed by atoms with E-state index < -0.39 is 5.91 Å². The molecule has 0 radical (unpaired) electrons. The molecule has 0 aliphatic carbocycles. The van der Waals surface area contributed by atoms with Crippen LogP contribution in [-0.4, -0.2) is 51.7 Å². The second kappa shape index (κ2) is 10.5. The summed E-state index contributed by atoms with van der Waals surface area (Å²) < 4.78 is 10.6. The topological polar surface area (TPSA) is 76.8 Å². The van der Waals surface area contributed by atoms with Crippen LogP contribution < -0.4 is 20.5 Å². The molecule has 0 heterocycles. The third kappa shape index (κ3) is 6.70. The van der Waals surface area contributed by atoms with Crippen LogP contribution in [0.25, 0.3) is 0 Å². The Kier molecular flexibility index (Phi) is 9.93. The summed E-state index contributed by atoms with van der Waals surface area (Å²) >= 11 is 6.20. The van der Waals surface area contributed by atoms with Crippen molar-refractivity contribution >= 4 is 29.9 Å². The molecule has 1 amide bonds. The van der Waals surface area contributed by atoms with E-state index in [-0.39, 0.29) is 19.0 Å². The van der Waals surface area contributed by atoms with Gasteiger partial charge in [0.05, 0.1) is 12.1 Å². The second-order valence-corrected chi connectivity index (χ2v) is 5.11. The number of likely N-dealkylation sites (N-methyl/N-ethyl adjacent to an activating group) is 2. The van der Waals surface area contributed by atoms with Gasteiger partial charge in [0.15, 0.2) is 18.1 Å². The molecular formula is C14H23Cl2N3O3. The standard InChI is InChI=1S/C14H22ClN3O3.ClH/c1-17-4-5-18(2)8-10-6-11(15)14(12(7-10)20-3)21-9-13(16)19;/h6-7,17H,4-5,8-9H2,1-3H3,(H2,16,19);1H. The van der Waals surface area contributed by atoms with E-state index in [4.69, 9.17) is 26.8 Å². The van der Waals surface area contributed by atoms with Crippen molar-refractivity contribution in [3.63, 3.8) is 0 Å². The maximum atomic E-state index is 10.8. The van der Waals surface area contributed by atoms with Crippen molar-refractivity contribution in [3.05, 3.63) is 22.7 Å². The number of rotatable bonds is 9. The van der Waals surface area contributed by atoms with Crippen molar-refractivity contribution in [2.24, 2.45) is 5.73 Å². The van der Waals surface area contributed by atoms with Gasteiger partial charge in [0, 0.05) is 19.6 Å². The highest BCUT2D eigenvalue weighted by Gasteiger charge is 2.13. The van der Waals surface area contributed by atoms with Gasteiger partial charge in [-0.25, -0.2) is 0 Å². The minimum atomic E-state index is -0.566. The number of carbonyl (C=O) groups is 1. The highest BCUT2D eigenvalue weighted by molar-refractivity contribution is 6.32. The molecule has 0 bridgehead atoms. The molecule has 3 N–H and O–H groups in total. The van der Waals surface area contributed by atoms with E-state index in [1.54, 1.807) is 6.07 Å². The van der Waals surface area contributed by atoms with Crippen molar-refractivity contribution in [3.8, 4) is 11.5 Å². The number of hydrogen-bond donors (Lipinski definition) is 2. The van der Waals surface area contributed by atoms with E-state index in [1.165, 1.54) is 7.11 Å². The molecular weight excluding hydrogens is 329 g/mol. The second-order valence-electron chi connectivity index (χ2n) is 4.71. The Morgan fingerprint density at radius 2 is 2.14 bits per heavy atom. The molecule has 0 fully saturated rings. The predicted octanol–water partition coefficient (Wildman–Crippen LogP) is 1.29. The van der Waals surface area contributed by atoms with E-state index in [0.29, 0.717) is 16.5 Å². The normalized spacial score (nSPS) is 10.2. The van der Waals surface area contributed by atoms with Crippen molar-refractivity contribution < 1.29 is 14.3 Å². The lowest BCUT2D eigenvalue weighted by molar-refractivity contribution is -0.119. The SMILES string of the molecule is CNCCN(C)Cc1cc(Cl)c(OCC(N)=O)c(OC)c1.Cl. The van der Waals surface area contributed by atoms with E-state index in [9.17, 15) is 4.79 Å². The van der Waals surface area contributed by atoms with E-state index in [1.807, 2.05) is 20.2 Å². The molecule has 0 aromatic heterocycles. The van der Waals surface area contributed by atoms with E-state index >= 15 is 0 Å². The number of primary amides is 1. The van der Waals surface area contributed by atoms with Crippen molar-refractivity contribution in [1.82, 2.24) is 10.2 Å². The number of hydrogen-bond acceptors (Lipinski definition) is 5. The van der Waals surface area contributed by atoms with Gasteiger partial charge in [-0.2, -0.15) is 0 Å². The molecule has 0 saturated carbocycles. The first-order valence-electron chi connectivity index (χ1n) is 6.58. The lowest BCUT2D eigenvalue weighted by Gasteiger charge is -2.18. The first-order chi connectivity index (χ1) is 9.97. The Hall–Kier alpha value is -1.21. The molecule has 0 spiro atoms. The monoisotopic (exact) mass is 351 g/mol. The summed E-state index contributed by atoms with van der Waals surface area (Å²) in [5.74, 6) is 0.254. The third-order valence-electron chi connectivity index (χ3n) is 2.84. The zero-order valence-corrected chi connectivity index (χ0v) is 14.6. The number of halogens is 2. The van der Waals surface area contributed by atoms with Gasteiger partial charge < -0.3 is 25.4 Å². The zero-order valence-electron chi connectivity index (χ0n) is 13.0. The van der Waals surface area contributed by atoms with Gasteiger partial charge in [-0.3, -0.25) is 4.79 Å². The van der Waals surface area contributed by atoms with Crippen molar-refractivity contribution in [1.29, 1.82) is 0 Å². The lowest BCUT2D eigenvalue weighted by Crippen LogP contribution is -2.27. The van der Waals surface area contributed by atoms with Crippen molar-refractivity contribution in [2.45, 2.75) is 6.54 Å². The van der Waals surface area contributed by atoms with Gasteiger partial charge in [-0.15, -0.1) is 12.4 Å². The molecule has 0 aliphatic rings. The maximum Gasteiger partial charge on any atom is 0.255 e. The average Bonchev–Trinajstić information content (AvgIpc) is 2.43. The largest absolute Gasteiger partial charge is 0.493 e. The molecule has 6 nitrogen and oxygen atoms in total. The molecule has 126 valence electrons. The van der Waals surface area contributed by atoms with Crippen LogP contribution in [0.15, 0.2) is 12.1 Å². The van der Waals surface area contributed by atoms with Crippen LogP contribution in [0.5, 0.6) is 11.5 Å². The summed E-state index contributed by atoms with van der Waals surface area (Å²) in [5, 5.41) is 3.49. The van der Waals surface area contributed by atoms with Crippen LogP contribution in [0.4, 0.5) is 0 Å². The Morgan fingerprint density at radius 1 is 1.45 bits per heavy atom. The fraction of sp³-hybridized carbons (Fsp3) is 0.500. The van der Waals surface area contributed by atoms with Crippen LogP contribution in [0.3, 0.4) is 0 Å². The molecule has 0 atom stereocenters. The number of ether oxygens (including phenoxy) is 2. The maximum absolute atomic E-state index is 10.8. The minimum absolute atomic E-state index is 0. The number of nitrogens with one attached hydrogen (secondary N) is 1. The number of nitrogens with two attached hydrogens (primary N) is 1. The van der Waals surface area contributed by atoms with Crippen LogP contribution in [-0.2, 0) is 11.3 Å². The van der Waals surface area contributed by atoms with Gasteiger partial charge in [0.2, 0.25) is 0 Å². The quantitative estimate of drug-likeness (QED) is 0.700. The van der Waals surface area contributed by atoms with Crippen molar-refractivity contribution in [2.75, 3.05) is 40.9 Å². The lowest BCUT2D eigenvalue weighted by atomic mass is 10.2. The summed E-state index contributed by atoms with van der Waals surface area (Å²) in [4.78, 5) is 13.0. The Morgan fingerprint density at radius 3 is 2.68 bits per heavy atom. The van der Waals surface area contributed by atoms with E-state index in [2.05, 4.69) is 10.2 Å². The van der Waals surface area contributed by atoms with Gasteiger partial charge in [0.1, 0.15) is 0 Å². The Balaban J connectivity index is 0.00000441. The summed E-state index contributed by atoms with van der Waals surface area (Å²) in [6.07, 6.45) is 0. The van der Waals surface area contributed by atoms with Crippen LogP contribution >= 0.6 is 24.0 Å². The summed E-state index contributed by atoms with van der Waals surface area (Å²) in [6.45, 7) is 2.31. The van der Waals surface area contributed by atoms with Gasteiger partial charge in [0.25, 0.3) is 5.91 Å². The first kappa shape index (κ1) is 20.8. The van der Waals surface area contributed by atoms with Gasteiger partial charge in [-0.05, 0) is 31.8 Å². The highest BCUT2D eigenvalue weighted by Crippen LogP contribution is 2.36. The minimum Gasteiger partial charge on any atom is -0.493 e. The molecule has 0 aliphatic heterocycles.